The van der Waals surface area contributed by atoms with Crippen molar-refractivity contribution in [2.75, 3.05) is 7.11 Å². The quantitative estimate of drug-likeness (QED) is 0.617. The third-order valence-electron chi connectivity index (χ3n) is 4.57. The molecule has 1 aromatic carbocycles. The minimum Gasteiger partial charge on any atom is -0.466 e. The number of carbonyl (C=O) groups excluding carboxylic acids is 2. The van der Waals surface area contributed by atoms with E-state index in [2.05, 4.69) is 0 Å². The second-order valence-corrected chi connectivity index (χ2v) is 6.76. The topological polar surface area (TPSA) is 52.6 Å². The number of aryl methyl sites for hydroxylation is 1. The van der Waals surface area contributed by atoms with Gasteiger partial charge in [0.15, 0.2) is 0 Å². The summed E-state index contributed by atoms with van der Waals surface area (Å²) in [7, 11) is 1.35. The molecular weight excluding hydrogens is 292 g/mol. The van der Waals surface area contributed by atoms with Crippen molar-refractivity contribution >= 4 is 11.9 Å². The number of rotatable bonds is 5. The monoisotopic (exact) mass is 316 g/mol. The molecule has 1 fully saturated rings. The number of allylic oxidation sites excluding steroid dienone is 1. The van der Waals surface area contributed by atoms with Gasteiger partial charge in [-0.25, -0.2) is 4.79 Å². The smallest absolute Gasteiger partial charge is 0.333 e. The Labute approximate surface area is 137 Å². The van der Waals surface area contributed by atoms with Crippen molar-refractivity contribution in [2.24, 2.45) is 17.3 Å². The molecule has 0 aromatic heterocycles. The highest BCUT2D eigenvalue weighted by Gasteiger charge is 2.61. The molecule has 0 heterocycles. The standard InChI is InChI=1S/C19H24O4/c1-12-7-6-8-14(9-12)11-23-18(21)16-15(19(16,3)4)10-13(2)17(20)22-5/h6-10,15-16H,11H2,1-5H3. The van der Waals surface area contributed by atoms with Crippen LogP contribution in [0.15, 0.2) is 35.9 Å². The van der Waals surface area contributed by atoms with Crippen LogP contribution in [0.3, 0.4) is 0 Å². The predicted molar refractivity (Wildman–Crippen MR) is 87.5 cm³/mol. The zero-order chi connectivity index (χ0) is 17.2. The average Bonchev–Trinajstić information content (AvgIpc) is 3.04. The summed E-state index contributed by atoms with van der Waals surface area (Å²) in [6.07, 6.45) is 1.82. The van der Waals surface area contributed by atoms with Gasteiger partial charge in [0.2, 0.25) is 0 Å². The van der Waals surface area contributed by atoms with E-state index in [9.17, 15) is 9.59 Å². The summed E-state index contributed by atoms with van der Waals surface area (Å²) >= 11 is 0. The van der Waals surface area contributed by atoms with Crippen LogP contribution in [0, 0.1) is 24.2 Å². The lowest BCUT2D eigenvalue weighted by Gasteiger charge is -2.06. The van der Waals surface area contributed by atoms with E-state index in [4.69, 9.17) is 9.47 Å². The minimum atomic E-state index is -0.362. The molecule has 0 radical (unpaired) electrons. The van der Waals surface area contributed by atoms with Crippen LogP contribution in [0.1, 0.15) is 31.9 Å². The molecule has 124 valence electrons. The largest absolute Gasteiger partial charge is 0.466 e. The van der Waals surface area contributed by atoms with Crippen molar-refractivity contribution < 1.29 is 19.1 Å². The van der Waals surface area contributed by atoms with Crippen LogP contribution >= 0.6 is 0 Å². The first-order valence-electron chi connectivity index (χ1n) is 7.76. The van der Waals surface area contributed by atoms with Crippen LogP contribution in [0.25, 0.3) is 0 Å². The molecule has 4 nitrogen and oxygen atoms in total. The van der Waals surface area contributed by atoms with Gasteiger partial charge in [-0.3, -0.25) is 4.79 Å². The molecule has 4 heteroatoms. The second-order valence-electron chi connectivity index (χ2n) is 6.76. The van der Waals surface area contributed by atoms with Crippen LogP contribution in [-0.4, -0.2) is 19.0 Å². The molecule has 0 N–H and O–H groups in total. The fourth-order valence-electron chi connectivity index (χ4n) is 2.98. The molecule has 1 aromatic rings. The van der Waals surface area contributed by atoms with E-state index in [0.717, 1.165) is 11.1 Å². The summed E-state index contributed by atoms with van der Waals surface area (Å²) in [5.41, 5.74) is 2.45. The molecule has 1 aliphatic carbocycles. The first-order valence-corrected chi connectivity index (χ1v) is 7.76. The van der Waals surface area contributed by atoms with Crippen molar-refractivity contribution in [3.8, 4) is 0 Å². The number of ether oxygens (including phenoxy) is 2. The highest BCUT2D eigenvalue weighted by molar-refractivity contribution is 5.88. The fraction of sp³-hybridized carbons (Fsp3) is 0.474. The molecular formula is C19H24O4. The Kier molecular flexibility index (Phi) is 4.93. The van der Waals surface area contributed by atoms with Gasteiger partial charge in [0.25, 0.3) is 0 Å². The summed E-state index contributed by atoms with van der Waals surface area (Å²) in [6.45, 7) is 8.01. The summed E-state index contributed by atoms with van der Waals surface area (Å²) in [5.74, 6) is -0.784. The Morgan fingerprint density at radius 1 is 1.30 bits per heavy atom. The van der Waals surface area contributed by atoms with E-state index in [1.807, 2.05) is 51.1 Å². The van der Waals surface area contributed by atoms with E-state index in [0.29, 0.717) is 5.57 Å². The van der Waals surface area contributed by atoms with E-state index < -0.39 is 0 Å². The van der Waals surface area contributed by atoms with E-state index in [1.165, 1.54) is 7.11 Å². The van der Waals surface area contributed by atoms with Gasteiger partial charge in [-0.1, -0.05) is 49.8 Å². The van der Waals surface area contributed by atoms with Gasteiger partial charge in [-0.15, -0.1) is 0 Å². The number of hydrogen-bond acceptors (Lipinski definition) is 4. The Morgan fingerprint density at radius 2 is 2.00 bits per heavy atom. The first kappa shape index (κ1) is 17.3. The molecule has 0 bridgehead atoms. The highest BCUT2D eigenvalue weighted by Crippen LogP contribution is 2.59. The Bertz CT molecular complexity index is 643. The Hall–Kier alpha value is -2.10. The van der Waals surface area contributed by atoms with Gasteiger partial charge in [-0.05, 0) is 30.7 Å². The lowest BCUT2D eigenvalue weighted by atomic mass is 10.1. The van der Waals surface area contributed by atoms with Crippen LogP contribution in [0.5, 0.6) is 0 Å². The number of carbonyl (C=O) groups is 2. The molecule has 0 saturated heterocycles. The highest BCUT2D eigenvalue weighted by atomic mass is 16.5. The van der Waals surface area contributed by atoms with Crippen molar-refractivity contribution in [2.45, 2.75) is 34.3 Å². The molecule has 0 amide bonds. The summed E-state index contributed by atoms with van der Waals surface area (Å²) in [6, 6.07) is 7.90. The van der Waals surface area contributed by atoms with Crippen LogP contribution in [0.2, 0.25) is 0 Å². The third-order valence-corrected chi connectivity index (χ3v) is 4.57. The van der Waals surface area contributed by atoms with Gasteiger partial charge in [0, 0.05) is 5.57 Å². The van der Waals surface area contributed by atoms with Crippen molar-refractivity contribution in [3.05, 3.63) is 47.0 Å². The summed E-state index contributed by atoms with van der Waals surface area (Å²) in [4.78, 5) is 23.8. The Balaban J connectivity index is 1.98. The first-order chi connectivity index (χ1) is 10.8. The molecule has 0 spiro atoms. The van der Waals surface area contributed by atoms with Gasteiger partial charge in [0.05, 0.1) is 13.0 Å². The van der Waals surface area contributed by atoms with E-state index in [-0.39, 0.29) is 35.8 Å². The maximum absolute atomic E-state index is 12.3. The maximum atomic E-state index is 12.3. The maximum Gasteiger partial charge on any atom is 0.333 e. The number of benzene rings is 1. The van der Waals surface area contributed by atoms with Crippen molar-refractivity contribution in [1.29, 1.82) is 0 Å². The molecule has 2 unspecified atom stereocenters. The minimum absolute atomic E-state index is 0.00612. The molecule has 0 aliphatic heterocycles. The molecule has 2 atom stereocenters. The Morgan fingerprint density at radius 3 is 2.61 bits per heavy atom. The predicted octanol–water partition coefficient (Wildman–Crippen LogP) is 3.43. The normalized spacial score (nSPS) is 22.4. The lowest BCUT2D eigenvalue weighted by Crippen LogP contribution is -2.10. The van der Waals surface area contributed by atoms with Crippen LogP contribution < -0.4 is 0 Å². The number of methoxy groups -OCH3 is 1. The van der Waals surface area contributed by atoms with E-state index >= 15 is 0 Å². The molecule has 1 aliphatic rings. The molecule has 1 saturated carbocycles. The molecule has 23 heavy (non-hydrogen) atoms. The zero-order valence-electron chi connectivity index (χ0n) is 14.4. The van der Waals surface area contributed by atoms with Gasteiger partial charge >= 0.3 is 11.9 Å². The number of esters is 2. The second kappa shape index (κ2) is 6.57. The van der Waals surface area contributed by atoms with E-state index in [1.54, 1.807) is 6.92 Å². The average molecular weight is 316 g/mol. The van der Waals surface area contributed by atoms with Gasteiger partial charge < -0.3 is 9.47 Å². The van der Waals surface area contributed by atoms with Gasteiger partial charge in [0.1, 0.15) is 6.61 Å². The fourth-order valence-corrected chi connectivity index (χ4v) is 2.98. The van der Waals surface area contributed by atoms with Crippen LogP contribution in [-0.2, 0) is 25.7 Å². The SMILES string of the molecule is COC(=O)C(C)=CC1C(C(=O)OCc2cccc(C)c2)C1(C)C. The number of hydrogen-bond donors (Lipinski definition) is 0. The summed E-state index contributed by atoms with van der Waals surface area (Å²) < 4.78 is 10.2. The zero-order valence-corrected chi connectivity index (χ0v) is 14.4. The van der Waals surface area contributed by atoms with Crippen molar-refractivity contribution in [3.63, 3.8) is 0 Å². The summed E-state index contributed by atoms with van der Waals surface area (Å²) in [5, 5.41) is 0. The third kappa shape index (κ3) is 3.81. The van der Waals surface area contributed by atoms with Crippen molar-refractivity contribution in [1.82, 2.24) is 0 Å². The lowest BCUT2D eigenvalue weighted by molar-refractivity contribution is -0.147. The van der Waals surface area contributed by atoms with Gasteiger partial charge in [-0.2, -0.15) is 0 Å². The van der Waals surface area contributed by atoms with Crippen LogP contribution in [0.4, 0.5) is 0 Å². The molecule has 2 rings (SSSR count).